The largest absolute Gasteiger partial charge is 0.328 e. The second-order valence-electron chi connectivity index (χ2n) is 3.42. The Morgan fingerprint density at radius 3 is 2.38 bits per heavy atom. The Labute approximate surface area is 79.2 Å². The Balaban J connectivity index is 4.02. The van der Waals surface area contributed by atoms with Crippen molar-refractivity contribution in [2.24, 2.45) is 11.5 Å². The van der Waals surface area contributed by atoms with Gasteiger partial charge in [0.2, 0.25) is 0 Å². The van der Waals surface area contributed by atoms with E-state index in [9.17, 15) is 4.79 Å². The third-order valence-electron chi connectivity index (χ3n) is 1.76. The summed E-state index contributed by atoms with van der Waals surface area (Å²) < 4.78 is 0. The molecule has 0 fully saturated rings. The Hall–Kier alpha value is -0.740. The molecule has 0 aromatic carbocycles. The van der Waals surface area contributed by atoms with E-state index < -0.39 is 6.04 Å². The molecule has 0 amide bonds. The Morgan fingerprint density at radius 2 is 2.00 bits per heavy atom. The average Bonchev–Trinajstić information content (AvgIpc) is 2.02. The molecular formula is C9H19N3O. The van der Waals surface area contributed by atoms with Crippen molar-refractivity contribution in [3.05, 3.63) is 0 Å². The average molecular weight is 185 g/mol. The van der Waals surface area contributed by atoms with Gasteiger partial charge in [-0.1, -0.05) is 13.3 Å². The van der Waals surface area contributed by atoms with E-state index in [0.717, 1.165) is 6.42 Å². The summed E-state index contributed by atoms with van der Waals surface area (Å²) in [5.41, 5.74) is 11.1. The van der Waals surface area contributed by atoms with E-state index >= 15 is 0 Å². The minimum absolute atomic E-state index is 0.0518. The van der Waals surface area contributed by atoms with Crippen LogP contribution in [0.4, 0.5) is 0 Å². The predicted octanol–water partition coefficient (Wildman–Crippen LogP) is 0.440. The van der Waals surface area contributed by atoms with E-state index in [-0.39, 0.29) is 17.5 Å². The highest BCUT2D eigenvalue weighted by Gasteiger charge is 2.18. The normalized spacial score (nSPS) is 15.1. The fourth-order valence-corrected chi connectivity index (χ4v) is 1.09. The molecule has 0 aliphatic heterocycles. The molecule has 0 aromatic rings. The summed E-state index contributed by atoms with van der Waals surface area (Å²) in [6, 6.07) is -0.665. The molecule has 0 heterocycles. The maximum absolute atomic E-state index is 11.4. The fourth-order valence-electron chi connectivity index (χ4n) is 1.09. The van der Waals surface area contributed by atoms with Crippen molar-refractivity contribution in [1.82, 2.24) is 0 Å². The molecule has 4 heteroatoms. The summed E-state index contributed by atoms with van der Waals surface area (Å²) in [5, 5.41) is 7.42. The molecule has 5 N–H and O–H groups in total. The first-order valence-electron chi connectivity index (χ1n) is 4.61. The monoisotopic (exact) mass is 185 g/mol. The second kappa shape index (κ2) is 5.83. The van der Waals surface area contributed by atoms with Crippen molar-refractivity contribution in [1.29, 1.82) is 5.41 Å². The van der Waals surface area contributed by atoms with Gasteiger partial charge in [-0.15, -0.1) is 0 Å². The quantitative estimate of drug-likeness (QED) is 0.524. The van der Waals surface area contributed by atoms with Gasteiger partial charge in [0.25, 0.3) is 0 Å². The first-order chi connectivity index (χ1) is 5.99. The fraction of sp³-hybridized carbons (Fsp3) is 0.778. The summed E-state index contributed by atoms with van der Waals surface area (Å²) in [7, 11) is 0. The lowest BCUT2D eigenvalue weighted by Gasteiger charge is -2.11. The van der Waals surface area contributed by atoms with Gasteiger partial charge < -0.3 is 16.9 Å². The molecular weight excluding hydrogens is 166 g/mol. The predicted molar refractivity (Wildman–Crippen MR) is 53.9 cm³/mol. The second-order valence-corrected chi connectivity index (χ2v) is 3.42. The smallest absolute Gasteiger partial charge is 0.192 e. The van der Waals surface area contributed by atoms with Gasteiger partial charge in [0.15, 0.2) is 5.78 Å². The van der Waals surface area contributed by atoms with E-state index in [1.807, 2.05) is 6.92 Å². The molecule has 0 aliphatic carbocycles. The lowest BCUT2D eigenvalue weighted by atomic mass is 10.0. The van der Waals surface area contributed by atoms with Gasteiger partial charge in [0, 0.05) is 12.5 Å². The van der Waals surface area contributed by atoms with Crippen molar-refractivity contribution in [3.63, 3.8) is 0 Å². The molecule has 2 atom stereocenters. The van der Waals surface area contributed by atoms with E-state index in [4.69, 9.17) is 16.9 Å². The maximum Gasteiger partial charge on any atom is 0.192 e. The number of rotatable bonds is 6. The van der Waals surface area contributed by atoms with Crippen molar-refractivity contribution in [3.8, 4) is 0 Å². The molecule has 0 saturated carbocycles. The van der Waals surface area contributed by atoms with Crippen molar-refractivity contribution in [2.45, 2.75) is 45.2 Å². The highest BCUT2D eigenvalue weighted by atomic mass is 16.1. The zero-order valence-electron chi connectivity index (χ0n) is 8.34. The Morgan fingerprint density at radius 1 is 1.46 bits per heavy atom. The highest BCUT2D eigenvalue weighted by molar-refractivity contribution is 6.40. The first-order valence-corrected chi connectivity index (χ1v) is 4.61. The number of hydrogen-bond acceptors (Lipinski definition) is 4. The van der Waals surface area contributed by atoms with Gasteiger partial charge in [-0.2, -0.15) is 0 Å². The van der Waals surface area contributed by atoms with Gasteiger partial charge in [0.1, 0.15) is 0 Å². The van der Waals surface area contributed by atoms with Crippen LogP contribution in [0.25, 0.3) is 0 Å². The van der Waals surface area contributed by atoms with Crippen LogP contribution in [0.2, 0.25) is 0 Å². The third kappa shape index (κ3) is 4.75. The van der Waals surface area contributed by atoms with E-state index in [1.54, 1.807) is 6.92 Å². The Bertz CT molecular complexity index is 189. The van der Waals surface area contributed by atoms with Crippen LogP contribution in [0.5, 0.6) is 0 Å². The SMILES string of the molecule is CCC[C@H](N)C(=O)C(=N)CC(C)N. The standard InChI is InChI=1S/C9H19N3O/c1-3-4-7(11)9(13)8(12)5-6(2)10/h6-7,12H,3-5,10-11H2,1-2H3/t6?,7-/m0/s1. The molecule has 0 rings (SSSR count). The van der Waals surface area contributed by atoms with Crippen LogP contribution in [0, 0.1) is 5.41 Å². The van der Waals surface area contributed by atoms with Gasteiger partial charge in [-0.25, -0.2) is 0 Å². The van der Waals surface area contributed by atoms with Crippen LogP contribution in [0.1, 0.15) is 33.1 Å². The number of Topliss-reactive ketones (excluding diaryl/α,β-unsaturated/α-hetero) is 1. The molecule has 0 bridgehead atoms. The molecule has 76 valence electrons. The van der Waals surface area contributed by atoms with E-state index in [2.05, 4.69) is 0 Å². The van der Waals surface area contributed by atoms with Crippen molar-refractivity contribution >= 4 is 11.5 Å². The lowest BCUT2D eigenvalue weighted by Crippen LogP contribution is -2.37. The zero-order valence-corrected chi connectivity index (χ0v) is 8.34. The van der Waals surface area contributed by atoms with Crippen LogP contribution in [-0.4, -0.2) is 23.6 Å². The molecule has 0 aliphatic rings. The van der Waals surface area contributed by atoms with Gasteiger partial charge in [-0.05, 0) is 13.3 Å². The van der Waals surface area contributed by atoms with Crippen LogP contribution in [0.15, 0.2) is 0 Å². The summed E-state index contributed by atoms with van der Waals surface area (Å²) in [4.78, 5) is 11.4. The molecule has 0 radical (unpaired) electrons. The van der Waals surface area contributed by atoms with Crippen molar-refractivity contribution < 1.29 is 4.79 Å². The molecule has 0 spiro atoms. The van der Waals surface area contributed by atoms with Crippen LogP contribution in [-0.2, 0) is 4.79 Å². The van der Waals surface area contributed by atoms with E-state index in [0.29, 0.717) is 12.8 Å². The first kappa shape index (κ1) is 12.3. The maximum atomic E-state index is 11.4. The van der Waals surface area contributed by atoms with Crippen LogP contribution >= 0.6 is 0 Å². The van der Waals surface area contributed by atoms with Gasteiger partial charge >= 0.3 is 0 Å². The van der Waals surface area contributed by atoms with Gasteiger partial charge in [0.05, 0.1) is 11.8 Å². The number of ketones is 1. The minimum Gasteiger partial charge on any atom is -0.328 e. The molecule has 1 unspecified atom stereocenters. The summed E-state index contributed by atoms with van der Waals surface area (Å²) in [5.74, 6) is -0.265. The summed E-state index contributed by atoms with van der Waals surface area (Å²) >= 11 is 0. The topological polar surface area (TPSA) is 93.0 Å². The zero-order chi connectivity index (χ0) is 10.4. The number of nitrogens with two attached hydrogens (primary N) is 2. The van der Waals surface area contributed by atoms with Crippen LogP contribution in [0.3, 0.4) is 0 Å². The minimum atomic E-state index is -0.517. The van der Waals surface area contributed by atoms with Crippen LogP contribution < -0.4 is 11.5 Å². The third-order valence-corrected chi connectivity index (χ3v) is 1.76. The van der Waals surface area contributed by atoms with Crippen molar-refractivity contribution in [2.75, 3.05) is 0 Å². The molecule has 13 heavy (non-hydrogen) atoms. The number of nitrogens with one attached hydrogen (secondary N) is 1. The number of carbonyl (C=O) groups is 1. The number of hydrogen-bond donors (Lipinski definition) is 3. The Kier molecular flexibility index (Phi) is 5.50. The van der Waals surface area contributed by atoms with Gasteiger partial charge in [-0.3, -0.25) is 4.79 Å². The number of carbonyl (C=O) groups excluding carboxylic acids is 1. The lowest BCUT2D eigenvalue weighted by molar-refractivity contribution is -0.114. The summed E-state index contributed by atoms with van der Waals surface area (Å²) in [6.45, 7) is 3.73. The highest BCUT2D eigenvalue weighted by Crippen LogP contribution is 1.99. The summed E-state index contributed by atoms with van der Waals surface area (Å²) in [6.07, 6.45) is 1.81. The van der Waals surface area contributed by atoms with E-state index in [1.165, 1.54) is 0 Å². The molecule has 0 saturated heterocycles. The molecule has 4 nitrogen and oxygen atoms in total. The molecule has 0 aromatic heterocycles.